The van der Waals surface area contributed by atoms with Gasteiger partial charge in [0.05, 0.1) is 0 Å². The fourth-order valence-corrected chi connectivity index (χ4v) is 3.28. The molecule has 1 fully saturated rings. The molecule has 0 saturated heterocycles. The first-order chi connectivity index (χ1) is 12.4. The molecule has 1 aliphatic rings. The van der Waals surface area contributed by atoms with Gasteiger partial charge in [0.1, 0.15) is 11.7 Å². The van der Waals surface area contributed by atoms with E-state index in [1.54, 1.807) is 19.2 Å². The Bertz CT molecular complexity index is 758. The highest BCUT2D eigenvalue weighted by Crippen LogP contribution is 2.38. The largest absolute Gasteiger partial charge is 0.460 e. The molecule has 7 heteroatoms. The number of rotatable bonds is 5. The molecule has 0 aliphatic heterocycles. The normalized spacial score (nSPS) is 15.3. The Morgan fingerprint density at radius 1 is 1.19 bits per heavy atom. The molecule has 0 unspecified atom stereocenters. The summed E-state index contributed by atoms with van der Waals surface area (Å²) < 4.78 is 46.2. The predicted molar refractivity (Wildman–Crippen MR) is 93.8 cm³/mol. The minimum Gasteiger partial charge on any atom is -0.460 e. The van der Waals surface area contributed by atoms with Gasteiger partial charge in [-0.05, 0) is 43.7 Å². The van der Waals surface area contributed by atoms with Crippen LogP contribution in [0.2, 0.25) is 0 Å². The van der Waals surface area contributed by atoms with Crippen molar-refractivity contribution in [1.29, 1.82) is 0 Å². The average molecular weight is 365 g/mol. The van der Waals surface area contributed by atoms with Gasteiger partial charge in [-0.2, -0.15) is 18.2 Å². The van der Waals surface area contributed by atoms with E-state index in [0.717, 1.165) is 37.4 Å². The van der Waals surface area contributed by atoms with Gasteiger partial charge in [0, 0.05) is 18.9 Å². The Morgan fingerprint density at radius 3 is 2.54 bits per heavy atom. The van der Waals surface area contributed by atoms with Crippen LogP contribution >= 0.6 is 0 Å². The summed E-state index contributed by atoms with van der Waals surface area (Å²) in [6, 6.07) is 7.36. The van der Waals surface area contributed by atoms with Crippen LogP contribution in [0.3, 0.4) is 0 Å². The van der Waals surface area contributed by atoms with Crippen LogP contribution in [0.5, 0.6) is 6.01 Å². The topological polar surface area (TPSA) is 38.2 Å². The number of para-hydroxylation sites is 1. The smallest absolute Gasteiger partial charge is 0.421 e. The maximum atomic E-state index is 13.5. The molecular weight excluding hydrogens is 343 g/mol. The molecule has 1 aromatic heterocycles. The van der Waals surface area contributed by atoms with Crippen LogP contribution in [-0.4, -0.2) is 23.1 Å². The summed E-state index contributed by atoms with van der Waals surface area (Å²) in [5, 5.41) is 0. The minimum atomic E-state index is -4.54. The highest BCUT2D eigenvalue weighted by molar-refractivity contribution is 5.66. The van der Waals surface area contributed by atoms with Crippen LogP contribution in [-0.2, 0) is 12.6 Å². The molecule has 0 amide bonds. The molecule has 1 heterocycles. The lowest BCUT2D eigenvalue weighted by atomic mass is 10.1. The summed E-state index contributed by atoms with van der Waals surface area (Å²) in [6.07, 6.45) is 0.840. The van der Waals surface area contributed by atoms with Gasteiger partial charge in [-0.15, -0.1) is 0 Å². The highest BCUT2D eigenvalue weighted by Gasteiger charge is 2.37. The van der Waals surface area contributed by atoms with E-state index < -0.39 is 11.7 Å². The summed E-state index contributed by atoms with van der Waals surface area (Å²) in [7, 11) is 1.59. The molecule has 0 N–H and O–H groups in total. The molecule has 0 atom stereocenters. The van der Waals surface area contributed by atoms with Crippen LogP contribution in [0.25, 0.3) is 0 Å². The molecule has 26 heavy (non-hydrogen) atoms. The SMILES string of the molecule is CCc1ccccc1N(C)c1nc(OC2CCCC2)ncc1C(F)(F)F. The Labute approximate surface area is 151 Å². The highest BCUT2D eigenvalue weighted by atomic mass is 19.4. The number of halogens is 3. The first kappa shape index (κ1) is 18.5. The zero-order valence-electron chi connectivity index (χ0n) is 14.9. The summed E-state index contributed by atoms with van der Waals surface area (Å²) >= 11 is 0. The van der Waals surface area contributed by atoms with Crippen molar-refractivity contribution in [2.24, 2.45) is 0 Å². The monoisotopic (exact) mass is 365 g/mol. The van der Waals surface area contributed by atoms with Crippen LogP contribution in [0, 0.1) is 0 Å². The van der Waals surface area contributed by atoms with Crippen LogP contribution in [0.15, 0.2) is 30.5 Å². The van der Waals surface area contributed by atoms with E-state index in [-0.39, 0.29) is 17.9 Å². The molecule has 1 aromatic carbocycles. The van der Waals surface area contributed by atoms with Crippen molar-refractivity contribution in [3.8, 4) is 6.01 Å². The second kappa shape index (κ2) is 7.51. The Morgan fingerprint density at radius 2 is 1.88 bits per heavy atom. The van der Waals surface area contributed by atoms with E-state index in [4.69, 9.17) is 4.74 Å². The standard InChI is InChI=1S/C19H22F3N3O/c1-3-13-8-4-7-11-16(13)25(2)17-15(19(20,21)22)12-23-18(24-17)26-14-9-5-6-10-14/h4,7-8,11-12,14H,3,5-6,9-10H2,1-2H3. The molecule has 2 aromatic rings. The lowest BCUT2D eigenvalue weighted by Crippen LogP contribution is -2.21. The van der Waals surface area contributed by atoms with E-state index in [1.165, 1.54) is 4.90 Å². The van der Waals surface area contributed by atoms with Crippen LogP contribution in [0.1, 0.15) is 43.7 Å². The molecule has 0 bridgehead atoms. The summed E-state index contributed by atoms with van der Waals surface area (Å²) in [5.74, 6) is -0.193. The van der Waals surface area contributed by atoms with Gasteiger partial charge in [-0.25, -0.2) is 4.98 Å². The van der Waals surface area contributed by atoms with Crippen molar-refractivity contribution in [3.05, 3.63) is 41.6 Å². The third kappa shape index (κ3) is 3.92. The molecule has 0 spiro atoms. The van der Waals surface area contributed by atoms with E-state index in [9.17, 15) is 13.2 Å². The third-order valence-corrected chi connectivity index (χ3v) is 4.68. The molecular formula is C19H22F3N3O. The van der Waals surface area contributed by atoms with Gasteiger partial charge in [0.15, 0.2) is 5.82 Å². The van der Waals surface area contributed by atoms with Gasteiger partial charge in [0.2, 0.25) is 0 Å². The number of aromatic nitrogens is 2. The maximum absolute atomic E-state index is 13.5. The van der Waals surface area contributed by atoms with Crippen LogP contribution < -0.4 is 9.64 Å². The lowest BCUT2D eigenvalue weighted by molar-refractivity contribution is -0.137. The van der Waals surface area contributed by atoms with E-state index in [1.807, 2.05) is 19.1 Å². The fourth-order valence-electron chi connectivity index (χ4n) is 3.28. The van der Waals surface area contributed by atoms with Crippen molar-refractivity contribution in [2.75, 3.05) is 11.9 Å². The second-order valence-corrected chi connectivity index (χ2v) is 6.45. The van der Waals surface area contributed by atoms with E-state index in [2.05, 4.69) is 9.97 Å². The summed E-state index contributed by atoms with van der Waals surface area (Å²) in [6.45, 7) is 1.96. The zero-order valence-corrected chi connectivity index (χ0v) is 14.9. The van der Waals surface area contributed by atoms with E-state index in [0.29, 0.717) is 12.1 Å². The van der Waals surface area contributed by atoms with E-state index >= 15 is 0 Å². The van der Waals surface area contributed by atoms with Crippen molar-refractivity contribution in [1.82, 2.24) is 9.97 Å². The molecule has 3 rings (SSSR count). The number of hydrogen-bond donors (Lipinski definition) is 0. The van der Waals surface area contributed by atoms with Gasteiger partial charge >= 0.3 is 12.2 Å². The molecule has 4 nitrogen and oxygen atoms in total. The summed E-state index contributed by atoms with van der Waals surface area (Å²) in [4.78, 5) is 9.40. The number of benzene rings is 1. The number of nitrogens with zero attached hydrogens (tertiary/aromatic N) is 3. The zero-order chi connectivity index (χ0) is 18.7. The Kier molecular flexibility index (Phi) is 5.34. The number of alkyl halides is 3. The Balaban J connectivity index is 2.01. The number of anilines is 2. The van der Waals surface area contributed by atoms with Crippen molar-refractivity contribution in [2.45, 2.75) is 51.3 Å². The van der Waals surface area contributed by atoms with Gasteiger partial charge in [-0.1, -0.05) is 25.1 Å². The molecule has 140 valence electrons. The van der Waals surface area contributed by atoms with Gasteiger partial charge < -0.3 is 9.64 Å². The molecule has 0 radical (unpaired) electrons. The average Bonchev–Trinajstić information content (AvgIpc) is 3.13. The first-order valence-electron chi connectivity index (χ1n) is 8.82. The van der Waals surface area contributed by atoms with Crippen LogP contribution in [0.4, 0.5) is 24.7 Å². The summed E-state index contributed by atoms with van der Waals surface area (Å²) in [5.41, 5.74) is 0.760. The Hall–Kier alpha value is -2.31. The van der Waals surface area contributed by atoms with Gasteiger partial charge in [0.25, 0.3) is 0 Å². The van der Waals surface area contributed by atoms with Crippen molar-refractivity contribution < 1.29 is 17.9 Å². The second-order valence-electron chi connectivity index (χ2n) is 6.45. The molecule has 1 aliphatic carbocycles. The maximum Gasteiger partial charge on any atom is 0.421 e. The number of hydrogen-bond acceptors (Lipinski definition) is 4. The number of ether oxygens (including phenoxy) is 1. The van der Waals surface area contributed by atoms with Crippen molar-refractivity contribution in [3.63, 3.8) is 0 Å². The lowest BCUT2D eigenvalue weighted by Gasteiger charge is -2.25. The van der Waals surface area contributed by atoms with Crippen molar-refractivity contribution >= 4 is 11.5 Å². The van der Waals surface area contributed by atoms with Gasteiger partial charge in [-0.3, -0.25) is 0 Å². The minimum absolute atomic E-state index is 0.000676. The fraction of sp³-hybridized carbons (Fsp3) is 0.474. The molecule has 1 saturated carbocycles. The third-order valence-electron chi connectivity index (χ3n) is 4.68. The quantitative estimate of drug-likeness (QED) is 0.735. The predicted octanol–water partition coefficient (Wildman–Crippen LogP) is 5.15. The number of aryl methyl sites for hydroxylation is 1. The first-order valence-corrected chi connectivity index (χ1v) is 8.82.